The summed E-state index contributed by atoms with van der Waals surface area (Å²) in [5, 5.41) is 9.05. The maximum atomic E-state index is 12.3. The number of ether oxygens (including phenoxy) is 1. The number of benzene rings is 1. The average molecular weight is 406 g/mol. The van der Waals surface area contributed by atoms with Crippen molar-refractivity contribution in [1.82, 2.24) is 24.5 Å². The fourth-order valence-electron chi connectivity index (χ4n) is 4.59. The predicted molar refractivity (Wildman–Crippen MR) is 114 cm³/mol. The Bertz CT molecular complexity index is 1110. The van der Waals surface area contributed by atoms with Crippen molar-refractivity contribution in [3.63, 3.8) is 0 Å². The van der Waals surface area contributed by atoms with Gasteiger partial charge in [-0.1, -0.05) is 24.3 Å². The minimum Gasteiger partial charge on any atom is -0.372 e. The van der Waals surface area contributed by atoms with Gasteiger partial charge in [-0.3, -0.25) is 9.69 Å². The molecule has 1 fully saturated rings. The Morgan fingerprint density at radius 3 is 2.70 bits per heavy atom. The van der Waals surface area contributed by atoms with Crippen LogP contribution in [0.15, 0.2) is 47.3 Å². The molecule has 0 aliphatic carbocycles. The van der Waals surface area contributed by atoms with Crippen LogP contribution in [-0.4, -0.2) is 50.7 Å². The van der Waals surface area contributed by atoms with Crippen LogP contribution in [0, 0.1) is 19.8 Å². The van der Waals surface area contributed by atoms with Gasteiger partial charge in [0, 0.05) is 37.3 Å². The van der Waals surface area contributed by atoms with Gasteiger partial charge < -0.3 is 4.74 Å². The third-order valence-electron chi connectivity index (χ3n) is 6.06. The summed E-state index contributed by atoms with van der Waals surface area (Å²) in [6, 6.07) is 13.9. The second kappa shape index (κ2) is 7.81. The molecule has 5 rings (SSSR count). The zero-order valence-corrected chi connectivity index (χ0v) is 17.5. The maximum Gasteiger partial charge on any atom is 0.266 e. The zero-order valence-electron chi connectivity index (χ0n) is 17.5. The molecule has 1 unspecified atom stereocenters. The largest absolute Gasteiger partial charge is 0.372 e. The predicted octanol–water partition coefficient (Wildman–Crippen LogP) is 2.29. The van der Waals surface area contributed by atoms with Gasteiger partial charge in [-0.15, -0.1) is 5.10 Å². The molecule has 0 amide bonds. The highest BCUT2D eigenvalue weighted by atomic mass is 16.5. The van der Waals surface area contributed by atoms with Crippen molar-refractivity contribution in [3.8, 4) is 5.82 Å². The maximum absolute atomic E-state index is 12.3. The number of aromatic nitrogens is 4. The fourth-order valence-corrected chi connectivity index (χ4v) is 4.59. The Kier molecular flexibility index (Phi) is 5.00. The summed E-state index contributed by atoms with van der Waals surface area (Å²) in [7, 11) is 0. The first kappa shape index (κ1) is 19.2. The van der Waals surface area contributed by atoms with Crippen LogP contribution < -0.4 is 5.56 Å². The minimum absolute atomic E-state index is 0.0664. The molecule has 0 saturated carbocycles. The molecule has 30 heavy (non-hydrogen) atoms. The van der Waals surface area contributed by atoms with E-state index in [1.807, 2.05) is 19.9 Å². The van der Waals surface area contributed by atoms with E-state index in [0.717, 1.165) is 44.0 Å². The Morgan fingerprint density at radius 1 is 1.07 bits per heavy atom. The summed E-state index contributed by atoms with van der Waals surface area (Å²) in [5.41, 5.74) is 4.61. The number of aryl methyl sites for hydroxylation is 2. The van der Waals surface area contributed by atoms with Crippen LogP contribution in [-0.2, 0) is 17.7 Å². The Balaban J connectivity index is 1.23. The molecule has 2 aliphatic heterocycles. The first-order valence-electron chi connectivity index (χ1n) is 10.6. The van der Waals surface area contributed by atoms with E-state index in [9.17, 15) is 4.79 Å². The summed E-state index contributed by atoms with van der Waals surface area (Å²) in [6.07, 6.45) is 1.14. The first-order chi connectivity index (χ1) is 14.6. The van der Waals surface area contributed by atoms with Gasteiger partial charge in [0.15, 0.2) is 5.82 Å². The molecule has 156 valence electrons. The van der Waals surface area contributed by atoms with Crippen molar-refractivity contribution in [2.24, 2.45) is 5.92 Å². The van der Waals surface area contributed by atoms with E-state index in [2.05, 4.69) is 39.4 Å². The molecule has 1 saturated heterocycles. The number of fused-ring (bicyclic) bond motifs is 1. The Morgan fingerprint density at radius 2 is 1.90 bits per heavy atom. The van der Waals surface area contributed by atoms with E-state index in [1.165, 1.54) is 11.1 Å². The molecule has 1 aromatic carbocycles. The van der Waals surface area contributed by atoms with Gasteiger partial charge in [0.2, 0.25) is 0 Å². The van der Waals surface area contributed by atoms with Gasteiger partial charge in [0.05, 0.1) is 24.9 Å². The van der Waals surface area contributed by atoms with Crippen molar-refractivity contribution in [1.29, 1.82) is 0 Å². The van der Waals surface area contributed by atoms with Gasteiger partial charge >= 0.3 is 0 Å². The number of likely N-dealkylation sites (tertiary alicyclic amines) is 1. The van der Waals surface area contributed by atoms with Crippen LogP contribution in [0.3, 0.4) is 0 Å². The SMILES string of the molecule is Cc1cc(C)n(-c2ccc(=O)n(CC3CN(CC4OCCc5ccccc54)C3)n2)n1. The number of rotatable bonds is 5. The molecule has 0 spiro atoms. The van der Waals surface area contributed by atoms with Crippen LogP contribution in [0.4, 0.5) is 0 Å². The lowest BCUT2D eigenvalue weighted by molar-refractivity contribution is -0.0176. The Labute approximate surface area is 175 Å². The lowest BCUT2D eigenvalue weighted by Gasteiger charge is -2.42. The van der Waals surface area contributed by atoms with Crippen LogP contribution in [0.1, 0.15) is 28.6 Å². The zero-order chi connectivity index (χ0) is 20.7. The number of hydrogen-bond donors (Lipinski definition) is 0. The van der Waals surface area contributed by atoms with E-state index >= 15 is 0 Å². The molecule has 0 radical (unpaired) electrons. The normalized spacial score (nSPS) is 19.5. The molecule has 7 nitrogen and oxygen atoms in total. The van der Waals surface area contributed by atoms with Gasteiger partial charge in [-0.05, 0) is 43.5 Å². The summed E-state index contributed by atoms with van der Waals surface area (Å²) in [4.78, 5) is 14.8. The molecule has 0 N–H and O–H groups in total. The molecule has 0 bridgehead atoms. The number of nitrogens with zero attached hydrogens (tertiary/aromatic N) is 5. The average Bonchev–Trinajstić information content (AvgIpc) is 3.06. The van der Waals surface area contributed by atoms with E-state index in [0.29, 0.717) is 18.3 Å². The van der Waals surface area contributed by atoms with Crippen LogP contribution in [0.2, 0.25) is 0 Å². The van der Waals surface area contributed by atoms with Crippen molar-refractivity contribution in [2.75, 3.05) is 26.2 Å². The molecule has 2 aromatic heterocycles. The molecule has 4 heterocycles. The van der Waals surface area contributed by atoms with Crippen molar-refractivity contribution in [3.05, 3.63) is 75.3 Å². The summed E-state index contributed by atoms with van der Waals surface area (Å²) in [5.74, 6) is 1.10. The van der Waals surface area contributed by atoms with E-state index in [1.54, 1.807) is 21.5 Å². The molecular weight excluding hydrogens is 378 g/mol. The third kappa shape index (κ3) is 3.70. The number of hydrogen-bond acceptors (Lipinski definition) is 5. The second-order valence-electron chi connectivity index (χ2n) is 8.44. The smallest absolute Gasteiger partial charge is 0.266 e. The highest BCUT2D eigenvalue weighted by Crippen LogP contribution is 2.30. The highest BCUT2D eigenvalue weighted by molar-refractivity contribution is 5.31. The monoisotopic (exact) mass is 405 g/mol. The lowest BCUT2D eigenvalue weighted by Crippen LogP contribution is -2.51. The van der Waals surface area contributed by atoms with Crippen LogP contribution in [0.5, 0.6) is 0 Å². The van der Waals surface area contributed by atoms with Crippen LogP contribution in [0.25, 0.3) is 5.82 Å². The molecule has 2 aliphatic rings. The van der Waals surface area contributed by atoms with Gasteiger partial charge in [-0.2, -0.15) is 5.10 Å². The summed E-state index contributed by atoms with van der Waals surface area (Å²) in [6.45, 7) is 8.19. The first-order valence-corrected chi connectivity index (χ1v) is 10.6. The van der Waals surface area contributed by atoms with Gasteiger partial charge in [0.25, 0.3) is 5.56 Å². The topological polar surface area (TPSA) is 65.2 Å². The molecule has 3 aromatic rings. The molecular formula is C23H27N5O2. The van der Waals surface area contributed by atoms with E-state index in [4.69, 9.17) is 4.74 Å². The minimum atomic E-state index is -0.0664. The standard InChI is InChI=1S/C23H27N5O2/c1-16-11-17(2)28(24-16)22-7-8-23(29)27(25-22)14-18-12-26(13-18)15-21-20-6-4-3-5-19(20)9-10-30-21/h3-8,11,18,21H,9-10,12-15H2,1-2H3. The quantitative estimate of drug-likeness (QED) is 0.652. The Hall–Kier alpha value is -2.77. The van der Waals surface area contributed by atoms with Crippen molar-refractivity contribution >= 4 is 0 Å². The van der Waals surface area contributed by atoms with E-state index < -0.39 is 0 Å². The van der Waals surface area contributed by atoms with Gasteiger partial charge in [0.1, 0.15) is 0 Å². The molecule has 7 heteroatoms. The fraction of sp³-hybridized carbons (Fsp3) is 0.435. The van der Waals surface area contributed by atoms with Crippen molar-refractivity contribution < 1.29 is 4.74 Å². The molecule has 1 atom stereocenters. The van der Waals surface area contributed by atoms with E-state index in [-0.39, 0.29) is 11.7 Å². The summed E-state index contributed by atoms with van der Waals surface area (Å²) >= 11 is 0. The second-order valence-corrected chi connectivity index (χ2v) is 8.44. The highest BCUT2D eigenvalue weighted by Gasteiger charge is 2.31. The summed E-state index contributed by atoms with van der Waals surface area (Å²) < 4.78 is 9.41. The lowest BCUT2D eigenvalue weighted by atomic mass is 9.94. The third-order valence-corrected chi connectivity index (χ3v) is 6.06. The van der Waals surface area contributed by atoms with Crippen molar-refractivity contribution in [2.45, 2.75) is 32.9 Å². The van der Waals surface area contributed by atoms with Gasteiger partial charge in [-0.25, -0.2) is 9.36 Å². The van der Waals surface area contributed by atoms with Crippen LogP contribution >= 0.6 is 0 Å².